The molecule has 1 aliphatic rings. The SMILES string of the molecule is O=C(NCC1CCCC1)c1ccc(S(=O)(=O)Nc2ccccc2F)cc1. The van der Waals surface area contributed by atoms with Gasteiger partial charge in [0.2, 0.25) is 0 Å². The van der Waals surface area contributed by atoms with E-state index in [-0.39, 0.29) is 16.5 Å². The zero-order chi connectivity index (χ0) is 18.6. The largest absolute Gasteiger partial charge is 0.352 e. The lowest BCUT2D eigenvalue weighted by Gasteiger charge is -2.11. The van der Waals surface area contributed by atoms with Crippen molar-refractivity contribution in [2.24, 2.45) is 5.92 Å². The molecule has 1 fully saturated rings. The smallest absolute Gasteiger partial charge is 0.261 e. The molecule has 1 amide bonds. The lowest BCUT2D eigenvalue weighted by atomic mass is 10.1. The number of hydrogen-bond acceptors (Lipinski definition) is 3. The van der Waals surface area contributed by atoms with Gasteiger partial charge in [0, 0.05) is 12.1 Å². The second-order valence-corrected chi connectivity index (χ2v) is 8.15. The molecule has 1 saturated carbocycles. The Kier molecular flexibility index (Phi) is 5.56. The molecule has 0 spiro atoms. The molecule has 0 heterocycles. The van der Waals surface area contributed by atoms with E-state index >= 15 is 0 Å². The van der Waals surface area contributed by atoms with Crippen LogP contribution < -0.4 is 10.0 Å². The van der Waals surface area contributed by atoms with Gasteiger partial charge in [0.1, 0.15) is 5.82 Å². The quantitative estimate of drug-likeness (QED) is 0.810. The molecule has 2 aromatic carbocycles. The summed E-state index contributed by atoms with van der Waals surface area (Å²) in [5, 5.41) is 2.89. The minimum absolute atomic E-state index is 0.0342. The van der Waals surface area contributed by atoms with Gasteiger partial charge in [0.05, 0.1) is 10.6 Å². The van der Waals surface area contributed by atoms with Crippen LogP contribution in [0.3, 0.4) is 0 Å². The summed E-state index contributed by atoms with van der Waals surface area (Å²) >= 11 is 0. The van der Waals surface area contributed by atoms with Gasteiger partial charge < -0.3 is 5.32 Å². The molecule has 0 radical (unpaired) electrons. The van der Waals surface area contributed by atoms with Crippen molar-refractivity contribution in [1.82, 2.24) is 5.32 Å². The summed E-state index contributed by atoms with van der Waals surface area (Å²) in [5.41, 5.74) is 0.277. The van der Waals surface area contributed by atoms with Gasteiger partial charge in [0.25, 0.3) is 15.9 Å². The number of benzene rings is 2. The number of anilines is 1. The number of para-hydroxylation sites is 1. The molecule has 2 N–H and O–H groups in total. The summed E-state index contributed by atoms with van der Waals surface area (Å²) in [5.74, 6) is -0.342. The van der Waals surface area contributed by atoms with Gasteiger partial charge in [-0.15, -0.1) is 0 Å². The van der Waals surface area contributed by atoms with Gasteiger partial charge in [-0.1, -0.05) is 25.0 Å². The van der Waals surface area contributed by atoms with Crippen LogP contribution in [0.2, 0.25) is 0 Å². The van der Waals surface area contributed by atoms with E-state index in [1.807, 2.05) is 0 Å². The van der Waals surface area contributed by atoms with Crippen molar-refractivity contribution in [3.63, 3.8) is 0 Å². The molecule has 0 atom stereocenters. The molecule has 0 saturated heterocycles. The molecule has 0 bridgehead atoms. The topological polar surface area (TPSA) is 75.3 Å². The third-order valence-electron chi connectivity index (χ3n) is 4.57. The third-order valence-corrected chi connectivity index (χ3v) is 5.95. The van der Waals surface area contributed by atoms with E-state index in [1.54, 1.807) is 6.07 Å². The van der Waals surface area contributed by atoms with E-state index < -0.39 is 15.8 Å². The van der Waals surface area contributed by atoms with Crippen LogP contribution >= 0.6 is 0 Å². The first-order chi connectivity index (χ1) is 12.5. The third kappa shape index (κ3) is 4.40. The van der Waals surface area contributed by atoms with E-state index in [9.17, 15) is 17.6 Å². The summed E-state index contributed by atoms with van der Waals surface area (Å²) in [6, 6.07) is 11.1. The van der Waals surface area contributed by atoms with Crippen molar-refractivity contribution in [3.05, 3.63) is 59.9 Å². The van der Waals surface area contributed by atoms with Gasteiger partial charge in [-0.25, -0.2) is 12.8 Å². The van der Waals surface area contributed by atoms with Crippen molar-refractivity contribution in [2.75, 3.05) is 11.3 Å². The van der Waals surface area contributed by atoms with Crippen LogP contribution in [0.5, 0.6) is 0 Å². The summed E-state index contributed by atoms with van der Waals surface area (Å²) in [6.45, 7) is 0.647. The lowest BCUT2D eigenvalue weighted by Crippen LogP contribution is -2.28. The highest BCUT2D eigenvalue weighted by molar-refractivity contribution is 7.92. The molecule has 2 aromatic rings. The normalized spacial score (nSPS) is 15.0. The lowest BCUT2D eigenvalue weighted by molar-refractivity contribution is 0.0947. The standard InChI is InChI=1S/C19H21FN2O3S/c20-17-7-3-4-8-18(17)22-26(24,25)16-11-9-15(10-12-16)19(23)21-13-14-5-1-2-6-14/h3-4,7-12,14,22H,1-2,5-6,13H2,(H,21,23). The highest BCUT2D eigenvalue weighted by atomic mass is 32.2. The number of carbonyl (C=O) groups excluding carboxylic acids is 1. The Labute approximate surface area is 152 Å². The number of hydrogen-bond donors (Lipinski definition) is 2. The number of amides is 1. The van der Waals surface area contributed by atoms with Crippen molar-refractivity contribution in [3.8, 4) is 0 Å². The molecule has 7 heteroatoms. The predicted molar refractivity (Wildman–Crippen MR) is 97.9 cm³/mol. The van der Waals surface area contributed by atoms with Crippen LogP contribution in [-0.4, -0.2) is 20.9 Å². The number of nitrogens with one attached hydrogen (secondary N) is 2. The van der Waals surface area contributed by atoms with Gasteiger partial charge in [0.15, 0.2) is 0 Å². The minimum atomic E-state index is -3.93. The van der Waals surface area contributed by atoms with E-state index in [0.717, 1.165) is 12.8 Å². The van der Waals surface area contributed by atoms with Crippen molar-refractivity contribution in [2.45, 2.75) is 30.6 Å². The molecule has 3 rings (SSSR count). The fourth-order valence-electron chi connectivity index (χ4n) is 3.09. The molecule has 1 aliphatic carbocycles. The maximum atomic E-state index is 13.6. The number of sulfonamides is 1. The second kappa shape index (κ2) is 7.86. The average Bonchev–Trinajstić information content (AvgIpc) is 3.15. The van der Waals surface area contributed by atoms with Gasteiger partial charge in [-0.05, 0) is 55.2 Å². The van der Waals surface area contributed by atoms with Gasteiger partial charge in [-0.2, -0.15) is 0 Å². The monoisotopic (exact) mass is 376 g/mol. The first kappa shape index (κ1) is 18.4. The molecule has 26 heavy (non-hydrogen) atoms. The Balaban J connectivity index is 1.66. The highest BCUT2D eigenvalue weighted by Crippen LogP contribution is 2.24. The summed E-state index contributed by atoms with van der Waals surface area (Å²) in [6.07, 6.45) is 4.70. The summed E-state index contributed by atoms with van der Waals surface area (Å²) in [7, 11) is -3.93. The molecular weight excluding hydrogens is 355 g/mol. The Morgan fingerprint density at radius 1 is 1.04 bits per heavy atom. The molecule has 0 unspecified atom stereocenters. The van der Waals surface area contributed by atoms with Crippen LogP contribution in [0, 0.1) is 11.7 Å². The molecule has 5 nitrogen and oxygen atoms in total. The van der Waals surface area contributed by atoms with Crippen molar-refractivity contribution < 1.29 is 17.6 Å². The highest BCUT2D eigenvalue weighted by Gasteiger charge is 2.18. The minimum Gasteiger partial charge on any atom is -0.352 e. The number of halogens is 1. The van der Waals surface area contributed by atoms with E-state index in [2.05, 4.69) is 10.0 Å². The number of rotatable bonds is 6. The van der Waals surface area contributed by atoms with Crippen LogP contribution in [0.4, 0.5) is 10.1 Å². The molecular formula is C19H21FN2O3S. The Morgan fingerprint density at radius 3 is 2.35 bits per heavy atom. The fraction of sp³-hybridized carbons (Fsp3) is 0.316. The fourth-order valence-corrected chi connectivity index (χ4v) is 4.15. The van der Waals surface area contributed by atoms with Crippen molar-refractivity contribution >= 4 is 21.6 Å². The maximum absolute atomic E-state index is 13.6. The van der Waals surface area contributed by atoms with E-state index in [1.165, 1.54) is 55.3 Å². The molecule has 0 aromatic heterocycles. The zero-order valence-electron chi connectivity index (χ0n) is 14.2. The van der Waals surface area contributed by atoms with Gasteiger partial charge >= 0.3 is 0 Å². The first-order valence-corrected chi connectivity index (χ1v) is 10.1. The molecule has 0 aliphatic heterocycles. The average molecular weight is 376 g/mol. The predicted octanol–water partition coefficient (Wildman–Crippen LogP) is 3.55. The van der Waals surface area contributed by atoms with E-state index in [0.29, 0.717) is 18.0 Å². The van der Waals surface area contributed by atoms with E-state index in [4.69, 9.17) is 0 Å². The van der Waals surface area contributed by atoms with Crippen molar-refractivity contribution in [1.29, 1.82) is 0 Å². The van der Waals surface area contributed by atoms with Gasteiger partial charge in [-0.3, -0.25) is 9.52 Å². The second-order valence-electron chi connectivity index (χ2n) is 6.47. The zero-order valence-corrected chi connectivity index (χ0v) is 15.1. The van der Waals surface area contributed by atoms with Crippen LogP contribution in [0.15, 0.2) is 53.4 Å². The molecule has 138 valence electrons. The Morgan fingerprint density at radius 2 is 1.69 bits per heavy atom. The Hall–Kier alpha value is -2.41. The maximum Gasteiger partial charge on any atom is 0.261 e. The van der Waals surface area contributed by atoms with Crippen LogP contribution in [-0.2, 0) is 10.0 Å². The number of carbonyl (C=O) groups is 1. The summed E-state index contributed by atoms with van der Waals surface area (Å²) in [4.78, 5) is 12.1. The van der Waals surface area contributed by atoms with Crippen LogP contribution in [0.1, 0.15) is 36.0 Å². The Bertz CT molecular complexity index is 876. The van der Waals surface area contributed by atoms with Crippen LogP contribution in [0.25, 0.3) is 0 Å². The summed E-state index contributed by atoms with van der Waals surface area (Å²) < 4.78 is 40.6. The first-order valence-electron chi connectivity index (χ1n) is 8.61.